The molecule has 0 unspecified atom stereocenters. The Balaban J connectivity index is 1.80. The Morgan fingerprint density at radius 1 is 1.13 bits per heavy atom. The molecule has 0 aliphatic carbocycles. The van der Waals surface area contributed by atoms with E-state index in [0.717, 1.165) is 16.6 Å². The van der Waals surface area contributed by atoms with Crippen LogP contribution in [-0.4, -0.2) is 38.0 Å². The summed E-state index contributed by atoms with van der Waals surface area (Å²) in [6.45, 7) is 2.35. The highest BCUT2D eigenvalue weighted by Gasteiger charge is 2.21. The van der Waals surface area contributed by atoms with Crippen molar-refractivity contribution in [2.75, 3.05) is 5.32 Å². The van der Waals surface area contributed by atoms with E-state index in [4.69, 9.17) is 5.73 Å². The summed E-state index contributed by atoms with van der Waals surface area (Å²) in [6.07, 6.45) is 0. The molecule has 2 aromatic heterocycles. The first-order valence-electron chi connectivity index (χ1n) is 9.38. The molecule has 2 heterocycles. The molecule has 0 bridgehead atoms. The predicted octanol–water partition coefficient (Wildman–Crippen LogP) is 1.32. The van der Waals surface area contributed by atoms with Gasteiger partial charge in [-0.15, -0.1) is 0 Å². The minimum Gasteiger partial charge on any atom is -0.422 e. The Kier molecular flexibility index (Phi) is 5.22. The maximum atomic E-state index is 11.8. The zero-order chi connectivity index (χ0) is 21.3. The molecule has 0 radical (unpaired) electrons. The Bertz CT molecular complexity index is 1220. The van der Waals surface area contributed by atoms with Crippen molar-refractivity contribution < 1.29 is 14.8 Å². The lowest BCUT2D eigenvalue weighted by atomic mass is 9.85. The number of fused-ring (bicyclic) bond motifs is 1. The third-order valence-corrected chi connectivity index (χ3v) is 4.84. The van der Waals surface area contributed by atoms with Crippen LogP contribution >= 0.6 is 0 Å². The third kappa shape index (κ3) is 3.76. The Labute approximate surface area is 173 Å². The number of benzene rings is 2. The minimum absolute atomic E-state index is 0.0652. The van der Waals surface area contributed by atoms with Gasteiger partial charge >= 0.3 is 7.12 Å². The van der Waals surface area contributed by atoms with Gasteiger partial charge < -0.3 is 26.1 Å². The second-order valence-electron chi connectivity index (χ2n) is 6.93. The number of nitrogens with zero attached hydrogens (tertiary/aromatic N) is 2. The van der Waals surface area contributed by atoms with Crippen molar-refractivity contribution in [2.45, 2.75) is 13.5 Å². The van der Waals surface area contributed by atoms with E-state index in [9.17, 15) is 14.8 Å². The van der Waals surface area contributed by atoms with Crippen LogP contribution in [0.3, 0.4) is 0 Å². The first-order valence-corrected chi connectivity index (χ1v) is 9.38. The van der Waals surface area contributed by atoms with Crippen molar-refractivity contribution in [1.29, 1.82) is 0 Å². The molecule has 0 fully saturated rings. The molecule has 0 spiro atoms. The fourth-order valence-electron chi connectivity index (χ4n) is 3.43. The molecule has 0 saturated heterocycles. The van der Waals surface area contributed by atoms with Crippen LogP contribution in [0.2, 0.25) is 0 Å². The average molecular weight is 401 g/mol. The fourth-order valence-corrected chi connectivity index (χ4v) is 3.43. The molecule has 1 amide bonds. The highest BCUT2D eigenvalue weighted by molar-refractivity contribution is 6.57. The van der Waals surface area contributed by atoms with Gasteiger partial charge in [0.05, 0.1) is 16.7 Å². The quantitative estimate of drug-likeness (QED) is 0.309. The Hall–Kier alpha value is -3.69. The highest BCUT2D eigenvalue weighted by atomic mass is 16.4. The predicted molar refractivity (Wildman–Crippen MR) is 116 cm³/mol. The number of amides is 1. The van der Waals surface area contributed by atoms with Gasteiger partial charge in [-0.3, -0.25) is 4.79 Å². The monoisotopic (exact) mass is 401 g/mol. The molecule has 0 aliphatic rings. The lowest BCUT2D eigenvalue weighted by Gasteiger charge is -2.10. The summed E-state index contributed by atoms with van der Waals surface area (Å²) in [7, 11) is -1.75. The number of aromatic amines is 1. The molecular formula is C21H20BN5O3. The topological polar surface area (TPSA) is 137 Å². The lowest BCUT2D eigenvalue weighted by molar-refractivity contribution is 0.100. The number of aromatic nitrogens is 3. The standard InChI is InChI=1S/C21H20BN5O3/c1-12-18(14-8-5-9-15(20(23)28)19(14)25-12)21-26-16(22(29)30)10-17(27-21)24-11-13-6-3-2-4-7-13/h2-10,25,29-30H,11H2,1H3,(H2,23,28)(H,24,26,27). The van der Waals surface area contributed by atoms with Crippen molar-refractivity contribution in [2.24, 2.45) is 5.73 Å². The molecule has 6 N–H and O–H groups in total. The van der Waals surface area contributed by atoms with Crippen LogP contribution in [0.5, 0.6) is 0 Å². The van der Waals surface area contributed by atoms with Crippen molar-refractivity contribution in [3.05, 3.63) is 71.4 Å². The summed E-state index contributed by atoms with van der Waals surface area (Å²) in [4.78, 5) is 23.9. The number of carbonyl (C=O) groups excluding carboxylic acids is 1. The minimum atomic E-state index is -1.75. The summed E-state index contributed by atoms with van der Waals surface area (Å²) in [6, 6.07) is 16.5. The molecule has 150 valence electrons. The smallest absolute Gasteiger partial charge is 0.422 e. The zero-order valence-electron chi connectivity index (χ0n) is 16.3. The van der Waals surface area contributed by atoms with Gasteiger partial charge in [-0.05, 0) is 24.6 Å². The number of rotatable bonds is 6. The molecule has 8 nitrogen and oxygen atoms in total. The van der Waals surface area contributed by atoms with Crippen LogP contribution in [-0.2, 0) is 6.54 Å². The summed E-state index contributed by atoms with van der Waals surface area (Å²) in [5.41, 5.74) is 8.97. The van der Waals surface area contributed by atoms with Crippen LogP contribution in [0, 0.1) is 6.92 Å². The number of aryl methyl sites for hydroxylation is 1. The number of anilines is 1. The van der Waals surface area contributed by atoms with Crippen molar-refractivity contribution in [1.82, 2.24) is 15.0 Å². The molecular weight excluding hydrogens is 381 g/mol. The average Bonchev–Trinajstić information content (AvgIpc) is 3.08. The van der Waals surface area contributed by atoms with Gasteiger partial charge in [0.2, 0.25) is 0 Å². The number of hydrogen-bond acceptors (Lipinski definition) is 6. The number of nitrogens with one attached hydrogen (secondary N) is 2. The van der Waals surface area contributed by atoms with Crippen molar-refractivity contribution in [3.63, 3.8) is 0 Å². The summed E-state index contributed by atoms with van der Waals surface area (Å²) < 4.78 is 0. The maximum Gasteiger partial charge on any atom is 0.508 e. The van der Waals surface area contributed by atoms with Crippen molar-refractivity contribution >= 4 is 35.3 Å². The normalized spacial score (nSPS) is 10.9. The second-order valence-corrected chi connectivity index (χ2v) is 6.93. The first-order chi connectivity index (χ1) is 14.4. The largest absolute Gasteiger partial charge is 0.508 e. The van der Waals surface area contributed by atoms with Gasteiger partial charge in [0.1, 0.15) is 5.82 Å². The van der Waals surface area contributed by atoms with E-state index >= 15 is 0 Å². The summed E-state index contributed by atoms with van der Waals surface area (Å²) in [5.74, 6) is 0.215. The van der Waals surface area contributed by atoms with E-state index in [1.54, 1.807) is 12.1 Å². The van der Waals surface area contributed by atoms with E-state index in [0.29, 0.717) is 34.8 Å². The Morgan fingerprint density at radius 3 is 2.60 bits per heavy atom. The fraction of sp³-hybridized carbons (Fsp3) is 0.0952. The molecule has 4 rings (SSSR count). The highest BCUT2D eigenvalue weighted by Crippen LogP contribution is 2.31. The second kappa shape index (κ2) is 7.98. The summed E-state index contributed by atoms with van der Waals surface area (Å²) >= 11 is 0. The summed E-state index contributed by atoms with van der Waals surface area (Å²) in [5, 5.41) is 23.4. The van der Waals surface area contributed by atoms with Gasteiger partial charge in [0.25, 0.3) is 5.91 Å². The molecule has 0 aliphatic heterocycles. The van der Waals surface area contributed by atoms with E-state index in [-0.39, 0.29) is 5.59 Å². The molecule has 0 atom stereocenters. The number of nitrogens with two attached hydrogens (primary N) is 1. The first kappa shape index (κ1) is 19.6. The van der Waals surface area contributed by atoms with Gasteiger partial charge in [0.15, 0.2) is 5.82 Å². The number of H-pyrrole nitrogens is 1. The molecule has 0 saturated carbocycles. The lowest BCUT2D eigenvalue weighted by Crippen LogP contribution is -2.33. The van der Waals surface area contributed by atoms with Gasteiger partial charge in [-0.25, -0.2) is 9.97 Å². The van der Waals surface area contributed by atoms with Crippen LogP contribution in [0.15, 0.2) is 54.6 Å². The number of carbonyl (C=O) groups is 1. The Morgan fingerprint density at radius 2 is 1.90 bits per heavy atom. The molecule has 2 aromatic carbocycles. The zero-order valence-corrected chi connectivity index (χ0v) is 16.3. The number of para-hydroxylation sites is 1. The molecule has 30 heavy (non-hydrogen) atoms. The number of hydrogen-bond donors (Lipinski definition) is 5. The van der Waals surface area contributed by atoms with Crippen LogP contribution in [0.1, 0.15) is 21.6 Å². The van der Waals surface area contributed by atoms with E-state index < -0.39 is 13.0 Å². The third-order valence-electron chi connectivity index (χ3n) is 4.84. The van der Waals surface area contributed by atoms with Crippen LogP contribution in [0.25, 0.3) is 22.3 Å². The van der Waals surface area contributed by atoms with E-state index in [1.165, 1.54) is 6.07 Å². The van der Waals surface area contributed by atoms with Gasteiger partial charge in [-0.2, -0.15) is 0 Å². The van der Waals surface area contributed by atoms with Gasteiger partial charge in [0, 0.05) is 23.2 Å². The van der Waals surface area contributed by atoms with E-state index in [1.807, 2.05) is 43.3 Å². The van der Waals surface area contributed by atoms with E-state index in [2.05, 4.69) is 20.3 Å². The maximum absolute atomic E-state index is 11.8. The molecule has 4 aromatic rings. The number of primary amides is 1. The van der Waals surface area contributed by atoms with Crippen molar-refractivity contribution in [3.8, 4) is 11.4 Å². The molecule has 9 heteroatoms. The van der Waals surface area contributed by atoms with Gasteiger partial charge in [-0.1, -0.05) is 42.5 Å². The SMILES string of the molecule is Cc1[nH]c2c(C(N)=O)cccc2c1-c1nc(NCc2ccccc2)cc(B(O)O)n1. The van der Waals surface area contributed by atoms with Crippen LogP contribution in [0.4, 0.5) is 5.82 Å². The van der Waals surface area contributed by atoms with Crippen LogP contribution < -0.4 is 16.6 Å².